The van der Waals surface area contributed by atoms with Crippen molar-refractivity contribution < 1.29 is 28.5 Å². The van der Waals surface area contributed by atoms with Crippen LogP contribution in [-0.4, -0.2) is 45.3 Å². The Morgan fingerprint density at radius 2 is 1.79 bits per heavy atom. The molecule has 2 fully saturated rings. The molecule has 1 saturated carbocycles. The zero-order valence-corrected chi connectivity index (χ0v) is 18.4. The highest BCUT2D eigenvalue weighted by molar-refractivity contribution is 5.99. The van der Waals surface area contributed by atoms with Gasteiger partial charge in [0.1, 0.15) is 18.0 Å². The first-order chi connectivity index (χ1) is 13.7. The van der Waals surface area contributed by atoms with Crippen molar-refractivity contribution in [3.63, 3.8) is 0 Å². The second kappa shape index (κ2) is 6.59. The van der Waals surface area contributed by atoms with Crippen LogP contribution in [0.25, 0.3) is 0 Å². The SMILES string of the molecule is COC1=CC(C)C2CC3OC(=O)CC4C(C)=C(OC)C(=O)C(C34C)C2(C)C1OC. The lowest BCUT2D eigenvalue weighted by Gasteiger charge is -2.66. The molecule has 0 spiro atoms. The number of hydrogen-bond acceptors (Lipinski definition) is 6. The van der Waals surface area contributed by atoms with Crippen molar-refractivity contribution in [3.05, 3.63) is 23.2 Å². The van der Waals surface area contributed by atoms with Crippen LogP contribution in [0.4, 0.5) is 0 Å². The van der Waals surface area contributed by atoms with Gasteiger partial charge in [-0.25, -0.2) is 0 Å². The maximum atomic E-state index is 13.9. The fraction of sp³-hybridized carbons (Fsp3) is 0.739. The van der Waals surface area contributed by atoms with Gasteiger partial charge in [-0.2, -0.15) is 0 Å². The fourth-order valence-corrected chi connectivity index (χ4v) is 7.37. The normalized spacial score (nSPS) is 46.4. The lowest BCUT2D eigenvalue weighted by molar-refractivity contribution is -0.235. The number of rotatable bonds is 3. The zero-order valence-electron chi connectivity index (χ0n) is 18.4. The van der Waals surface area contributed by atoms with Crippen molar-refractivity contribution in [2.75, 3.05) is 21.3 Å². The summed E-state index contributed by atoms with van der Waals surface area (Å²) in [5, 5.41) is 0. The molecule has 6 nitrogen and oxygen atoms in total. The molecule has 29 heavy (non-hydrogen) atoms. The van der Waals surface area contributed by atoms with E-state index in [1.165, 1.54) is 0 Å². The Balaban J connectivity index is 1.98. The van der Waals surface area contributed by atoms with Crippen molar-refractivity contribution in [3.8, 4) is 0 Å². The van der Waals surface area contributed by atoms with Gasteiger partial charge in [0.15, 0.2) is 5.76 Å². The van der Waals surface area contributed by atoms with Crippen molar-refractivity contribution in [2.24, 2.45) is 34.5 Å². The lowest BCUT2D eigenvalue weighted by atomic mass is 9.40. The molecule has 6 heteroatoms. The predicted octanol–water partition coefficient (Wildman–Crippen LogP) is 3.26. The topological polar surface area (TPSA) is 71.1 Å². The summed E-state index contributed by atoms with van der Waals surface area (Å²) in [4.78, 5) is 26.4. The largest absolute Gasteiger partial charge is 0.499 e. The number of Topliss-reactive ketones (excluding diaryl/α,β-unsaturated/α-hetero) is 1. The highest BCUT2D eigenvalue weighted by atomic mass is 16.5. The van der Waals surface area contributed by atoms with Gasteiger partial charge < -0.3 is 18.9 Å². The van der Waals surface area contributed by atoms with E-state index in [-0.39, 0.29) is 48.1 Å². The van der Waals surface area contributed by atoms with E-state index in [0.29, 0.717) is 12.2 Å². The van der Waals surface area contributed by atoms with Crippen LogP contribution < -0.4 is 0 Å². The molecule has 8 atom stereocenters. The quantitative estimate of drug-likeness (QED) is 0.673. The van der Waals surface area contributed by atoms with Crippen LogP contribution in [0.3, 0.4) is 0 Å². The van der Waals surface area contributed by atoms with Gasteiger partial charge in [0.2, 0.25) is 5.78 Å². The third-order valence-corrected chi connectivity index (χ3v) is 8.53. The van der Waals surface area contributed by atoms with E-state index in [2.05, 4.69) is 26.8 Å². The van der Waals surface area contributed by atoms with Gasteiger partial charge in [0.05, 0.1) is 20.6 Å². The molecule has 0 aromatic rings. The number of carbonyl (C=O) groups is 2. The molecule has 1 aliphatic heterocycles. The van der Waals surface area contributed by atoms with Crippen LogP contribution in [0.2, 0.25) is 0 Å². The summed E-state index contributed by atoms with van der Waals surface area (Å²) in [7, 11) is 4.87. The third kappa shape index (κ3) is 2.38. The minimum absolute atomic E-state index is 0.00879. The van der Waals surface area contributed by atoms with Crippen molar-refractivity contribution in [1.29, 1.82) is 0 Å². The van der Waals surface area contributed by atoms with E-state index < -0.39 is 16.7 Å². The van der Waals surface area contributed by atoms with E-state index in [1.54, 1.807) is 21.3 Å². The number of hydrogen-bond donors (Lipinski definition) is 0. The highest BCUT2D eigenvalue weighted by Gasteiger charge is 2.72. The molecule has 1 saturated heterocycles. The van der Waals surface area contributed by atoms with Crippen LogP contribution in [0.5, 0.6) is 0 Å². The molecule has 0 bridgehead atoms. The number of esters is 1. The van der Waals surface area contributed by atoms with Gasteiger partial charge in [-0.15, -0.1) is 0 Å². The first-order valence-corrected chi connectivity index (χ1v) is 10.4. The highest BCUT2D eigenvalue weighted by Crippen LogP contribution is 2.68. The van der Waals surface area contributed by atoms with E-state index in [1.807, 2.05) is 6.92 Å². The van der Waals surface area contributed by atoms with Crippen LogP contribution >= 0.6 is 0 Å². The van der Waals surface area contributed by atoms with Gasteiger partial charge in [0.25, 0.3) is 0 Å². The molecule has 4 rings (SSSR count). The van der Waals surface area contributed by atoms with E-state index >= 15 is 0 Å². The van der Waals surface area contributed by atoms with Gasteiger partial charge in [-0.1, -0.05) is 20.8 Å². The standard InChI is InChI=1S/C23H32O6/c1-11-8-15(26-5)21(28-7)23(4)13(11)9-16-22(3)14(10-17(24)29-16)12(2)19(27-6)18(25)20(22)23/h8,11,13-14,16,20-21H,9-10H2,1-7H3. The maximum absolute atomic E-state index is 13.9. The molecular weight excluding hydrogens is 372 g/mol. The Bertz CT molecular complexity index is 812. The van der Waals surface area contributed by atoms with Crippen LogP contribution in [0.1, 0.15) is 40.5 Å². The van der Waals surface area contributed by atoms with E-state index in [0.717, 1.165) is 11.3 Å². The summed E-state index contributed by atoms with van der Waals surface area (Å²) in [6.07, 6.45) is 2.43. The summed E-state index contributed by atoms with van der Waals surface area (Å²) in [5.41, 5.74) is -0.154. The van der Waals surface area contributed by atoms with Crippen molar-refractivity contribution >= 4 is 11.8 Å². The molecule has 0 N–H and O–H groups in total. The van der Waals surface area contributed by atoms with Crippen molar-refractivity contribution in [2.45, 2.75) is 52.7 Å². The average Bonchev–Trinajstić information content (AvgIpc) is 2.66. The second-order valence-electron chi connectivity index (χ2n) is 9.57. The minimum Gasteiger partial charge on any atom is -0.499 e. The maximum Gasteiger partial charge on any atom is 0.306 e. The smallest absolute Gasteiger partial charge is 0.306 e. The number of ketones is 1. The molecular formula is C23H32O6. The van der Waals surface area contributed by atoms with Gasteiger partial charge in [0, 0.05) is 29.8 Å². The van der Waals surface area contributed by atoms with Gasteiger partial charge >= 0.3 is 5.97 Å². The number of carbonyl (C=O) groups excluding carboxylic acids is 2. The molecule has 160 valence electrons. The van der Waals surface area contributed by atoms with E-state index in [4.69, 9.17) is 18.9 Å². The van der Waals surface area contributed by atoms with Gasteiger partial charge in [-0.3, -0.25) is 9.59 Å². The molecule has 0 aromatic heterocycles. The van der Waals surface area contributed by atoms with Crippen molar-refractivity contribution in [1.82, 2.24) is 0 Å². The molecule has 3 aliphatic carbocycles. The second-order valence-corrected chi connectivity index (χ2v) is 9.57. The Hall–Kier alpha value is -1.82. The zero-order chi connectivity index (χ0) is 21.3. The van der Waals surface area contributed by atoms with Gasteiger partial charge in [-0.05, 0) is 36.8 Å². The van der Waals surface area contributed by atoms with Crippen LogP contribution in [0.15, 0.2) is 23.2 Å². The Labute approximate surface area is 172 Å². The third-order valence-electron chi connectivity index (χ3n) is 8.53. The minimum atomic E-state index is -0.511. The monoisotopic (exact) mass is 404 g/mol. The Kier molecular flexibility index (Phi) is 4.65. The fourth-order valence-electron chi connectivity index (χ4n) is 7.37. The lowest BCUT2D eigenvalue weighted by Crippen LogP contribution is -2.70. The molecule has 4 aliphatic rings. The molecule has 0 aromatic carbocycles. The number of methoxy groups -OCH3 is 3. The number of allylic oxidation sites excluding steroid dienone is 3. The van der Waals surface area contributed by atoms with Crippen LogP contribution in [-0.2, 0) is 28.5 Å². The predicted molar refractivity (Wildman–Crippen MR) is 106 cm³/mol. The Morgan fingerprint density at radius 3 is 2.38 bits per heavy atom. The first kappa shape index (κ1) is 20.5. The summed E-state index contributed by atoms with van der Waals surface area (Å²) in [5.74, 6) is 0.745. The summed E-state index contributed by atoms with van der Waals surface area (Å²) < 4.78 is 23.2. The average molecular weight is 405 g/mol. The van der Waals surface area contributed by atoms with Crippen LogP contribution in [0, 0.1) is 34.5 Å². The summed E-state index contributed by atoms with van der Waals surface area (Å²) >= 11 is 0. The summed E-state index contributed by atoms with van der Waals surface area (Å²) in [6, 6.07) is 0. The number of fused-ring (bicyclic) bond motifs is 2. The molecule has 0 radical (unpaired) electrons. The molecule has 1 heterocycles. The van der Waals surface area contributed by atoms with E-state index in [9.17, 15) is 9.59 Å². The molecule has 8 unspecified atom stereocenters. The molecule has 0 amide bonds. The number of ether oxygens (including phenoxy) is 4. The first-order valence-electron chi connectivity index (χ1n) is 10.4. The summed E-state index contributed by atoms with van der Waals surface area (Å²) in [6.45, 7) is 8.34. The Morgan fingerprint density at radius 1 is 1.10 bits per heavy atom.